The fraction of sp³-hybridized carbons (Fsp3) is 0.0952. The molecule has 27 heavy (non-hydrogen) atoms. The lowest BCUT2D eigenvalue weighted by Crippen LogP contribution is -2.24. The van der Waals surface area contributed by atoms with Gasteiger partial charge >= 0.3 is 0 Å². The number of ketones is 1. The van der Waals surface area contributed by atoms with Crippen LogP contribution >= 0.6 is 11.3 Å². The van der Waals surface area contributed by atoms with Gasteiger partial charge in [-0.05, 0) is 24.6 Å². The third-order valence-electron chi connectivity index (χ3n) is 4.40. The molecule has 0 aliphatic carbocycles. The molecule has 0 fully saturated rings. The van der Waals surface area contributed by atoms with E-state index in [0.717, 1.165) is 16.0 Å². The molecular weight excluding hydrogens is 363 g/mol. The van der Waals surface area contributed by atoms with Crippen molar-refractivity contribution in [2.75, 3.05) is 0 Å². The normalized spacial score (nSPS) is 11.0. The second-order valence-corrected chi connectivity index (χ2v) is 7.39. The highest BCUT2D eigenvalue weighted by molar-refractivity contribution is 7.19. The molecule has 0 aliphatic heterocycles. The molecule has 0 spiro atoms. The number of benzene rings is 2. The predicted octanol–water partition coefficient (Wildman–Crippen LogP) is 4.46. The number of aryl methyl sites for hydroxylation is 1. The molecule has 134 valence electrons. The number of hydrogen-bond acceptors (Lipinski definition) is 4. The first-order chi connectivity index (χ1) is 13.0. The van der Waals surface area contributed by atoms with Gasteiger partial charge in [-0.2, -0.15) is 0 Å². The Morgan fingerprint density at radius 2 is 1.81 bits per heavy atom. The van der Waals surface area contributed by atoms with Gasteiger partial charge in [0, 0.05) is 16.0 Å². The van der Waals surface area contributed by atoms with Crippen molar-refractivity contribution in [1.82, 2.24) is 9.55 Å². The summed E-state index contributed by atoms with van der Waals surface area (Å²) in [4.78, 5) is 31.5. The molecule has 0 radical (unpaired) electrons. The van der Waals surface area contributed by atoms with Crippen molar-refractivity contribution in [2.45, 2.75) is 13.5 Å². The van der Waals surface area contributed by atoms with Gasteiger partial charge in [0.15, 0.2) is 5.78 Å². The van der Waals surface area contributed by atoms with Gasteiger partial charge in [0.25, 0.3) is 5.56 Å². The number of rotatable bonds is 4. The summed E-state index contributed by atoms with van der Waals surface area (Å²) in [7, 11) is 0. The van der Waals surface area contributed by atoms with E-state index in [2.05, 4.69) is 4.98 Å². The summed E-state index contributed by atoms with van der Waals surface area (Å²) >= 11 is 1.41. The van der Waals surface area contributed by atoms with Gasteiger partial charge in [-0.3, -0.25) is 14.2 Å². The Balaban J connectivity index is 1.82. The molecule has 0 aliphatic rings. The SMILES string of the molecule is Cc1sc2ncn(CC(=O)c3ccccc3)c(=O)c2c1-c1ccc(F)cc1. The molecular formula is C21H15FN2O2S. The minimum absolute atomic E-state index is 0.0798. The molecule has 0 saturated heterocycles. The van der Waals surface area contributed by atoms with Gasteiger partial charge in [0.05, 0.1) is 18.3 Å². The molecule has 0 atom stereocenters. The summed E-state index contributed by atoms with van der Waals surface area (Å²) in [6, 6.07) is 14.9. The van der Waals surface area contributed by atoms with Crippen LogP contribution in [0.25, 0.3) is 21.3 Å². The van der Waals surface area contributed by atoms with Crippen LogP contribution in [0.2, 0.25) is 0 Å². The van der Waals surface area contributed by atoms with Crippen LogP contribution in [0, 0.1) is 12.7 Å². The van der Waals surface area contributed by atoms with Gasteiger partial charge in [0.1, 0.15) is 10.6 Å². The average molecular weight is 378 g/mol. The number of aromatic nitrogens is 2. The maximum atomic E-state index is 13.3. The number of thiophene rings is 1. The Morgan fingerprint density at radius 1 is 1.11 bits per heavy atom. The van der Waals surface area contributed by atoms with Crippen LogP contribution in [0.4, 0.5) is 4.39 Å². The molecule has 0 amide bonds. The van der Waals surface area contributed by atoms with Crippen molar-refractivity contribution in [3.05, 3.63) is 87.5 Å². The number of fused-ring (bicyclic) bond motifs is 1. The third-order valence-corrected chi connectivity index (χ3v) is 5.41. The first-order valence-corrected chi connectivity index (χ1v) is 9.19. The molecule has 6 heteroatoms. The van der Waals surface area contributed by atoms with E-state index < -0.39 is 0 Å². The van der Waals surface area contributed by atoms with E-state index in [4.69, 9.17) is 0 Å². The first-order valence-electron chi connectivity index (χ1n) is 8.37. The van der Waals surface area contributed by atoms with Gasteiger partial charge < -0.3 is 0 Å². The lowest BCUT2D eigenvalue weighted by atomic mass is 10.0. The van der Waals surface area contributed by atoms with Crippen molar-refractivity contribution < 1.29 is 9.18 Å². The molecule has 2 aromatic heterocycles. The maximum Gasteiger partial charge on any atom is 0.263 e. The molecule has 4 rings (SSSR count). The van der Waals surface area contributed by atoms with E-state index in [1.807, 2.05) is 13.0 Å². The molecule has 0 saturated carbocycles. The highest BCUT2D eigenvalue weighted by atomic mass is 32.1. The summed E-state index contributed by atoms with van der Waals surface area (Å²) in [5.74, 6) is -0.492. The largest absolute Gasteiger partial charge is 0.292 e. The van der Waals surface area contributed by atoms with E-state index >= 15 is 0 Å². The van der Waals surface area contributed by atoms with Gasteiger partial charge in [0.2, 0.25) is 0 Å². The lowest BCUT2D eigenvalue weighted by Gasteiger charge is -2.06. The van der Waals surface area contributed by atoms with Crippen molar-refractivity contribution in [1.29, 1.82) is 0 Å². The smallest absolute Gasteiger partial charge is 0.263 e. The number of carbonyl (C=O) groups excluding carboxylic acids is 1. The topological polar surface area (TPSA) is 52.0 Å². The van der Waals surface area contributed by atoms with Crippen molar-refractivity contribution in [2.24, 2.45) is 0 Å². The molecule has 0 unspecified atom stereocenters. The predicted molar refractivity (Wildman–Crippen MR) is 105 cm³/mol. The van der Waals surface area contributed by atoms with E-state index in [0.29, 0.717) is 15.8 Å². The average Bonchev–Trinajstić information content (AvgIpc) is 3.02. The summed E-state index contributed by atoms with van der Waals surface area (Å²) in [5.41, 5.74) is 1.78. The number of Topliss-reactive ketones (excluding diaryl/α,β-unsaturated/α-hetero) is 1. The summed E-state index contributed by atoms with van der Waals surface area (Å²) < 4.78 is 14.6. The minimum atomic E-state index is -0.333. The van der Waals surface area contributed by atoms with Crippen LogP contribution in [-0.2, 0) is 6.54 Å². The van der Waals surface area contributed by atoms with Crippen LogP contribution in [0.15, 0.2) is 65.7 Å². The molecule has 0 N–H and O–H groups in total. The van der Waals surface area contributed by atoms with Crippen molar-refractivity contribution in [3.63, 3.8) is 0 Å². The van der Waals surface area contributed by atoms with E-state index in [-0.39, 0.29) is 23.7 Å². The quantitative estimate of drug-likeness (QED) is 0.493. The van der Waals surface area contributed by atoms with Gasteiger partial charge in [-0.15, -0.1) is 11.3 Å². The second kappa shape index (κ2) is 6.89. The Bertz CT molecular complexity index is 1190. The number of hydrogen-bond donors (Lipinski definition) is 0. The molecule has 0 bridgehead atoms. The van der Waals surface area contributed by atoms with E-state index in [1.54, 1.807) is 36.4 Å². The van der Waals surface area contributed by atoms with Gasteiger partial charge in [-0.25, -0.2) is 9.37 Å². The molecule has 4 aromatic rings. The highest BCUT2D eigenvalue weighted by Crippen LogP contribution is 2.35. The zero-order chi connectivity index (χ0) is 19.0. The summed E-state index contributed by atoms with van der Waals surface area (Å²) in [6.07, 6.45) is 1.41. The van der Waals surface area contributed by atoms with Gasteiger partial charge in [-0.1, -0.05) is 42.5 Å². The van der Waals surface area contributed by atoms with Crippen LogP contribution < -0.4 is 5.56 Å². The molecule has 2 aromatic carbocycles. The Labute approximate surface area is 158 Å². The first kappa shape index (κ1) is 17.3. The van der Waals surface area contributed by atoms with Crippen LogP contribution in [0.1, 0.15) is 15.2 Å². The van der Waals surface area contributed by atoms with E-state index in [9.17, 15) is 14.0 Å². The second-order valence-electron chi connectivity index (χ2n) is 6.19. The fourth-order valence-corrected chi connectivity index (χ4v) is 4.09. The molecule has 2 heterocycles. The van der Waals surface area contributed by atoms with Crippen LogP contribution in [0.5, 0.6) is 0 Å². The third kappa shape index (κ3) is 3.19. The van der Waals surface area contributed by atoms with Crippen molar-refractivity contribution >= 4 is 27.3 Å². The standard InChI is InChI=1S/C21H15FN2O2S/c1-13-18(15-7-9-16(22)10-8-15)19-20(27-13)23-12-24(21(19)26)11-17(25)14-5-3-2-4-6-14/h2-10,12H,11H2,1H3. The monoisotopic (exact) mass is 378 g/mol. The van der Waals surface area contributed by atoms with E-state index in [1.165, 1.54) is 34.4 Å². The van der Waals surface area contributed by atoms with Crippen molar-refractivity contribution in [3.8, 4) is 11.1 Å². The number of halogens is 1. The number of nitrogens with zero attached hydrogens (tertiary/aromatic N) is 2. The minimum Gasteiger partial charge on any atom is -0.292 e. The summed E-state index contributed by atoms with van der Waals surface area (Å²) in [5, 5.41) is 0.465. The Morgan fingerprint density at radius 3 is 2.52 bits per heavy atom. The highest BCUT2D eigenvalue weighted by Gasteiger charge is 2.18. The Hall–Kier alpha value is -3.12. The zero-order valence-electron chi connectivity index (χ0n) is 14.5. The Kier molecular flexibility index (Phi) is 4.41. The fourth-order valence-electron chi connectivity index (χ4n) is 3.08. The number of carbonyl (C=O) groups is 1. The zero-order valence-corrected chi connectivity index (χ0v) is 15.3. The lowest BCUT2D eigenvalue weighted by molar-refractivity contribution is 0.0970. The van der Waals surface area contributed by atoms with Crippen LogP contribution in [0.3, 0.4) is 0 Å². The molecule has 4 nitrogen and oxygen atoms in total. The summed E-state index contributed by atoms with van der Waals surface area (Å²) in [6.45, 7) is 1.83. The van der Waals surface area contributed by atoms with Crippen LogP contribution in [-0.4, -0.2) is 15.3 Å². The maximum absolute atomic E-state index is 13.3.